The van der Waals surface area contributed by atoms with Crippen LogP contribution >= 0.6 is 0 Å². The van der Waals surface area contributed by atoms with Crippen LogP contribution in [0.25, 0.3) is 44.2 Å². The van der Waals surface area contributed by atoms with E-state index >= 15 is 0 Å². The van der Waals surface area contributed by atoms with Gasteiger partial charge in [0.1, 0.15) is 0 Å². The molecule has 298 valence electrons. The van der Waals surface area contributed by atoms with Crippen molar-refractivity contribution >= 4 is 27.8 Å². The molecule has 1 heteroatoms. The normalized spacial score (nSPS) is 32.4. The van der Waals surface area contributed by atoms with Crippen molar-refractivity contribution in [1.82, 2.24) is 0 Å². The Morgan fingerprint density at radius 1 is 0.361 bits per heavy atom. The van der Waals surface area contributed by atoms with Crippen molar-refractivity contribution in [3.05, 3.63) is 174 Å². The molecule has 0 amide bonds. The number of hydrogen-bond donors (Lipinski definition) is 0. The van der Waals surface area contributed by atoms with E-state index in [0.29, 0.717) is 0 Å². The van der Waals surface area contributed by atoms with Crippen LogP contribution in [0.15, 0.2) is 152 Å². The Labute approximate surface area is 360 Å². The van der Waals surface area contributed by atoms with Gasteiger partial charge in [-0.1, -0.05) is 121 Å². The SMILES string of the molecule is c1cc(-c2cccc3ccccc23)cc(N(c2ccc3c(c2)C2(c4ccccc4-3)C3CC4CC(C3)CC2C4)c2cccc3c2-c2ccccc2C32C3CC4CC(C3)CC2C4)c1. The molecule has 0 heterocycles. The lowest BCUT2D eigenvalue weighted by Gasteiger charge is -2.61. The van der Waals surface area contributed by atoms with Crippen LogP contribution in [0.1, 0.15) is 86.5 Å². The van der Waals surface area contributed by atoms with E-state index in [2.05, 4.69) is 157 Å². The van der Waals surface area contributed by atoms with Crippen LogP contribution < -0.4 is 4.90 Å². The molecule has 10 aliphatic rings. The number of nitrogens with zero attached hydrogens (tertiary/aromatic N) is 1. The monoisotopic (exact) mass is 787 g/mol. The average Bonchev–Trinajstić information content (AvgIpc) is 3.75. The average molecular weight is 788 g/mol. The molecule has 0 radical (unpaired) electrons. The topological polar surface area (TPSA) is 3.24 Å². The lowest BCUT2D eigenvalue weighted by atomic mass is 9.43. The van der Waals surface area contributed by atoms with Crippen LogP contribution in [0.3, 0.4) is 0 Å². The molecule has 0 aliphatic heterocycles. The summed E-state index contributed by atoms with van der Waals surface area (Å²) in [6.07, 6.45) is 14.2. The molecule has 7 aromatic rings. The van der Waals surface area contributed by atoms with Crippen molar-refractivity contribution in [2.24, 2.45) is 47.3 Å². The summed E-state index contributed by atoms with van der Waals surface area (Å²) in [5.74, 6) is 6.63. The summed E-state index contributed by atoms with van der Waals surface area (Å²) in [4.78, 5) is 2.71. The van der Waals surface area contributed by atoms with Crippen LogP contribution in [-0.2, 0) is 10.8 Å². The van der Waals surface area contributed by atoms with Gasteiger partial charge >= 0.3 is 0 Å². The number of rotatable bonds is 4. The molecule has 61 heavy (non-hydrogen) atoms. The third kappa shape index (κ3) is 4.34. The van der Waals surface area contributed by atoms with Crippen LogP contribution in [0.4, 0.5) is 17.1 Å². The molecule has 0 saturated heterocycles. The Hall–Kier alpha value is -5.40. The predicted octanol–water partition coefficient (Wildman–Crippen LogP) is 15.4. The summed E-state index contributed by atoms with van der Waals surface area (Å²) < 4.78 is 0. The van der Waals surface area contributed by atoms with Gasteiger partial charge in [0.25, 0.3) is 0 Å². The molecule has 8 fully saturated rings. The van der Waals surface area contributed by atoms with Crippen molar-refractivity contribution in [2.75, 3.05) is 4.90 Å². The summed E-state index contributed by atoms with van der Waals surface area (Å²) in [6.45, 7) is 0. The highest BCUT2D eigenvalue weighted by atomic mass is 15.1. The first kappa shape index (κ1) is 34.2. The molecule has 0 atom stereocenters. The van der Waals surface area contributed by atoms with E-state index in [1.165, 1.54) is 125 Å². The first-order valence-corrected chi connectivity index (χ1v) is 24.0. The second kappa shape index (κ2) is 12.2. The quantitative estimate of drug-likeness (QED) is 0.172. The molecule has 17 rings (SSSR count). The minimum atomic E-state index is 0.113. The van der Waals surface area contributed by atoms with Gasteiger partial charge in [0.2, 0.25) is 0 Å². The lowest BCUT2D eigenvalue weighted by Crippen LogP contribution is -2.55. The minimum absolute atomic E-state index is 0.113. The highest BCUT2D eigenvalue weighted by molar-refractivity contribution is 5.99. The van der Waals surface area contributed by atoms with Crippen LogP contribution in [0, 0.1) is 47.3 Å². The lowest BCUT2D eigenvalue weighted by molar-refractivity contribution is -0.0399. The van der Waals surface area contributed by atoms with Crippen LogP contribution in [0.2, 0.25) is 0 Å². The maximum Gasteiger partial charge on any atom is 0.0543 e. The van der Waals surface area contributed by atoms with E-state index in [1.807, 2.05) is 0 Å². The maximum atomic E-state index is 2.72. The first-order chi connectivity index (χ1) is 30.2. The number of hydrogen-bond acceptors (Lipinski definition) is 1. The zero-order valence-corrected chi connectivity index (χ0v) is 35.1. The van der Waals surface area contributed by atoms with Gasteiger partial charge in [-0.3, -0.25) is 0 Å². The third-order valence-corrected chi connectivity index (χ3v) is 18.8. The van der Waals surface area contributed by atoms with E-state index < -0.39 is 0 Å². The van der Waals surface area contributed by atoms with E-state index in [-0.39, 0.29) is 10.8 Å². The van der Waals surface area contributed by atoms with E-state index in [1.54, 1.807) is 22.3 Å². The number of fused-ring (bicyclic) bond motifs is 7. The summed E-state index contributed by atoms with van der Waals surface area (Å²) >= 11 is 0. The molecule has 0 N–H and O–H groups in total. The van der Waals surface area contributed by atoms with E-state index in [4.69, 9.17) is 0 Å². The highest BCUT2D eigenvalue weighted by Crippen LogP contribution is 2.72. The third-order valence-electron chi connectivity index (χ3n) is 18.8. The van der Waals surface area contributed by atoms with Crippen molar-refractivity contribution in [3.8, 4) is 33.4 Å². The summed E-state index contributed by atoms with van der Waals surface area (Å²) in [7, 11) is 0. The van der Waals surface area contributed by atoms with Gasteiger partial charge in [-0.05, 0) is 203 Å². The second-order valence-electron chi connectivity index (χ2n) is 21.3. The Balaban J connectivity index is 0.983. The molecular formula is C60H53N. The molecule has 0 unspecified atom stereocenters. The van der Waals surface area contributed by atoms with Crippen LogP contribution in [0.5, 0.6) is 0 Å². The fourth-order valence-electron chi connectivity index (χ4n) is 17.4. The standard InChI is InChI=1S/C60H53N/c1-2-14-48-40(10-1)11-8-17-49(48)41-12-7-13-46(34-41)61(47-22-23-51-50-15-3-5-18-53(50)60(56(51)35-47)44-30-38-25-39(32-44)33-45(60)31-38)57-21-9-20-55-58(57)52-16-4-6-19-54(52)59(55)42-26-36-24-37(28-42)29-43(59)27-36/h1-23,34-39,42-45H,24-33H2. The molecule has 7 aromatic carbocycles. The highest BCUT2D eigenvalue weighted by Gasteiger charge is 2.63. The molecule has 0 aromatic heterocycles. The second-order valence-corrected chi connectivity index (χ2v) is 21.3. The number of benzene rings is 7. The molecule has 10 aliphatic carbocycles. The van der Waals surface area contributed by atoms with Crippen molar-refractivity contribution < 1.29 is 0 Å². The molecule has 8 saturated carbocycles. The minimum Gasteiger partial charge on any atom is -0.310 e. The smallest absolute Gasteiger partial charge is 0.0543 e. The van der Waals surface area contributed by atoms with Crippen molar-refractivity contribution in [1.29, 1.82) is 0 Å². The van der Waals surface area contributed by atoms with Crippen molar-refractivity contribution in [3.63, 3.8) is 0 Å². The Kier molecular flexibility index (Phi) is 6.82. The van der Waals surface area contributed by atoms with Gasteiger partial charge in [0, 0.05) is 27.8 Å². The van der Waals surface area contributed by atoms with Gasteiger partial charge < -0.3 is 4.90 Å². The summed E-state index contributed by atoms with van der Waals surface area (Å²) in [5.41, 5.74) is 19.2. The van der Waals surface area contributed by atoms with E-state index in [9.17, 15) is 0 Å². The zero-order valence-electron chi connectivity index (χ0n) is 35.1. The molecule has 1 nitrogen and oxygen atoms in total. The first-order valence-electron chi connectivity index (χ1n) is 24.0. The Morgan fingerprint density at radius 2 is 0.869 bits per heavy atom. The van der Waals surface area contributed by atoms with Gasteiger partial charge in [0.15, 0.2) is 0 Å². The van der Waals surface area contributed by atoms with Gasteiger partial charge in [0.05, 0.1) is 5.69 Å². The largest absolute Gasteiger partial charge is 0.310 e. The number of anilines is 3. The fraction of sp³-hybridized carbons (Fsp3) is 0.333. The zero-order chi connectivity index (χ0) is 39.6. The van der Waals surface area contributed by atoms with Gasteiger partial charge in [-0.2, -0.15) is 0 Å². The van der Waals surface area contributed by atoms with Gasteiger partial charge in [-0.15, -0.1) is 0 Å². The predicted molar refractivity (Wildman–Crippen MR) is 251 cm³/mol. The Bertz CT molecular complexity index is 2920. The van der Waals surface area contributed by atoms with Gasteiger partial charge in [-0.25, -0.2) is 0 Å². The maximum absolute atomic E-state index is 2.72. The fourth-order valence-corrected chi connectivity index (χ4v) is 17.4. The van der Waals surface area contributed by atoms with Crippen molar-refractivity contribution in [2.45, 2.75) is 75.0 Å². The molecule has 8 bridgehead atoms. The summed E-state index contributed by atoms with van der Waals surface area (Å²) in [5, 5.41) is 2.60. The summed E-state index contributed by atoms with van der Waals surface area (Å²) in [6, 6.07) is 59.9. The van der Waals surface area contributed by atoms with E-state index in [0.717, 1.165) is 47.3 Å². The Morgan fingerprint density at radius 3 is 1.59 bits per heavy atom. The molecule has 2 spiro atoms. The van der Waals surface area contributed by atoms with Crippen LogP contribution in [-0.4, -0.2) is 0 Å². The molecular weight excluding hydrogens is 735 g/mol.